The first-order valence-electron chi connectivity index (χ1n) is 17.9. The van der Waals surface area contributed by atoms with Crippen molar-refractivity contribution in [3.63, 3.8) is 0 Å². The molecule has 4 rings (SSSR count). The van der Waals surface area contributed by atoms with Gasteiger partial charge in [-0.25, -0.2) is 0 Å². The maximum atomic E-state index is 11.2. The second-order valence-electron chi connectivity index (χ2n) is 12.4. The van der Waals surface area contributed by atoms with Crippen molar-refractivity contribution in [2.45, 2.75) is 87.2 Å². The maximum Gasteiger partial charge on any atom is 0.118 e. The van der Waals surface area contributed by atoms with Crippen LogP contribution in [-0.4, -0.2) is 81.7 Å². The van der Waals surface area contributed by atoms with E-state index in [2.05, 4.69) is 19.0 Å². The van der Waals surface area contributed by atoms with Crippen molar-refractivity contribution in [1.29, 1.82) is 0 Å². The lowest BCUT2D eigenvalue weighted by Gasteiger charge is -2.40. The Balaban J connectivity index is 0.000000320. The van der Waals surface area contributed by atoms with Gasteiger partial charge in [-0.2, -0.15) is 0 Å². The van der Waals surface area contributed by atoms with Gasteiger partial charge in [0, 0.05) is 12.5 Å². The molecule has 6 nitrogen and oxygen atoms in total. The molecule has 0 radical (unpaired) electrons. The predicted molar refractivity (Wildman–Crippen MR) is 171 cm³/mol. The topological polar surface area (TPSA) is 66.6 Å². The minimum absolute atomic E-state index is 0. The van der Waals surface area contributed by atoms with Gasteiger partial charge in [0.2, 0.25) is 0 Å². The van der Waals surface area contributed by atoms with Gasteiger partial charge in [-0.1, -0.05) is 62.8 Å². The highest BCUT2D eigenvalue weighted by Gasteiger charge is 2.40. The summed E-state index contributed by atoms with van der Waals surface area (Å²) >= 11 is 0. The molecule has 0 heterocycles. The first-order chi connectivity index (χ1) is 21.4. The molecule has 2 aliphatic rings. The summed E-state index contributed by atoms with van der Waals surface area (Å²) in [5.41, 5.74) is 0.728. The second kappa shape index (κ2) is 16.7. The molecule has 41 heavy (non-hydrogen) atoms. The largest absolute Gasteiger partial charge is 0.497 e. The van der Waals surface area contributed by atoms with Crippen LogP contribution in [0.5, 0.6) is 11.5 Å². The van der Waals surface area contributed by atoms with E-state index < -0.39 is 25.3 Å². The van der Waals surface area contributed by atoms with Crippen LogP contribution in [0.3, 0.4) is 0 Å². The van der Waals surface area contributed by atoms with Gasteiger partial charge in [-0.05, 0) is 75.2 Å². The monoisotopic (exact) mass is 597 g/mol. The van der Waals surface area contributed by atoms with E-state index in [1.165, 1.54) is 17.7 Å². The van der Waals surface area contributed by atoms with Gasteiger partial charge in [-0.15, -0.1) is 12.4 Å². The van der Waals surface area contributed by atoms with Crippen LogP contribution in [0.4, 0.5) is 0 Å². The molecule has 2 aliphatic carbocycles. The average molecular weight is 598 g/mol. The highest BCUT2D eigenvalue weighted by Crippen LogP contribution is 2.41. The number of quaternary nitrogens is 1. The predicted octanol–water partition coefficient (Wildman–Crippen LogP) is 5.08. The zero-order valence-electron chi connectivity index (χ0n) is 31.3. The Labute approximate surface area is 263 Å². The Bertz CT molecular complexity index is 1090. The van der Waals surface area contributed by atoms with Gasteiger partial charge in [0.25, 0.3) is 0 Å². The van der Waals surface area contributed by atoms with E-state index in [0.717, 1.165) is 75.6 Å². The summed E-state index contributed by atoms with van der Waals surface area (Å²) < 4.78 is 52.8. The minimum atomic E-state index is -2.44. The number of aliphatic hydroxyl groups is 2. The molecule has 2 fully saturated rings. The van der Waals surface area contributed by atoms with Crippen LogP contribution in [0.2, 0.25) is 0 Å². The Morgan fingerprint density at radius 3 is 1.49 bits per heavy atom. The van der Waals surface area contributed by atoms with Gasteiger partial charge < -0.3 is 29.5 Å². The van der Waals surface area contributed by atoms with Crippen molar-refractivity contribution in [1.82, 2.24) is 4.90 Å². The number of benzene rings is 2. The van der Waals surface area contributed by atoms with Crippen LogP contribution < -0.4 is 14.4 Å². The van der Waals surface area contributed by atoms with Gasteiger partial charge in [-0.3, -0.25) is 0 Å². The number of hydrogen-bond donors (Lipinski definition) is 3. The molecule has 0 saturated heterocycles. The van der Waals surface area contributed by atoms with Crippen LogP contribution in [0.1, 0.15) is 95.4 Å². The summed E-state index contributed by atoms with van der Waals surface area (Å²) in [6, 6.07) is 14.3. The first-order valence-corrected chi connectivity index (χ1v) is 14.9. The lowest BCUT2D eigenvalue weighted by Crippen LogP contribution is -3.06. The fourth-order valence-electron chi connectivity index (χ4n) is 6.54. The molecule has 0 amide bonds. The van der Waals surface area contributed by atoms with Crippen molar-refractivity contribution < 1.29 is 32.8 Å². The van der Waals surface area contributed by atoms with Crippen molar-refractivity contribution in [3.05, 3.63) is 59.7 Å². The Morgan fingerprint density at radius 2 is 1.12 bits per heavy atom. The molecule has 3 N–H and O–H groups in total. The van der Waals surface area contributed by atoms with Gasteiger partial charge in [0.05, 0.1) is 60.1 Å². The highest BCUT2D eigenvalue weighted by atomic mass is 35.5. The molecule has 1 unspecified atom stereocenters. The third-order valence-corrected chi connectivity index (χ3v) is 8.70. The molecule has 2 saturated carbocycles. The SMILES string of the molecule is Cl.[2H]C([2H])([2H])Oc1ccc(C(CN(C)C)C2(O)CCCCC2)cc1.[2H]C([2H])([2H])Oc1ccc([C@H](C[NH+](C)C)C2(O)CCCCC2)cc1. The molecular formula is C34H56ClN2O4+. The fraction of sp³-hybridized carbons (Fsp3) is 0.647. The molecule has 0 bridgehead atoms. The average Bonchev–Trinajstić information content (AvgIpc) is 2.95. The van der Waals surface area contributed by atoms with Gasteiger partial charge >= 0.3 is 0 Å². The summed E-state index contributed by atoms with van der Waals surface area (Å²) in [6.07, 6.45) is 9.92. The zero-order chi connectivity index (χ0) is 34.2. The number of nitrogens with one attached hydrogen (secondary N) is 1. The molecular weight excluding hydrogens is 536 g/mol. The highest BCUT2D eigenvalue weighted by molar-refractivity contribution is 5.85. The second-order valence-corrected chi connectivity index (χ2v) is 12.4. The van der Waals surface area contributed by atoms with E-state index in [4.69, 9.17) is 17.7 Å². The summed E-state index contributed by atoms with van der Waals surface area (Å²) in [6.45, 7) is 1.60. The molecule has 7 heteroatoms. The van der Waals surface area contributed by atoms with Crippen LogP contribution in [0, 0.1) is 0 Å². The Hall–Kier alpha value is -1.83. The number of hydrogen-bond acceptors (Lipinski definition) is 5. The molecule has 232 valence electrons. The van der Waals surface area contributed by atoms with Gasteiger partial charge in [0.1, 0.15) is 11.5 Å². The number of halogens is 1. The Kier molecular flexibility index (Phi) is 10.9. The summed E-state index contributed by atoms with van der Waals surface area (Å²) in [7, 11) is 3.32. The molecule has 0 aromatic heterocycles. The Morgan fingerprint density at radius 1 is 0.732 bits per heavy atom. The number of ether oxygens (including phenoxy) is 2. The van der Waals surface area contributed by atoms with E-state index in [-0.39, 0.29) is 24.2 Å². The normalized spacial score (nSPS) is 22.1. The third kappa shape index (κ3) is 10.1. The van der Waals surface area contributed by atoms with Crippen molar-refractivity contribution in [2.24, 2.45) is 0 Å². The van der Waals surface area contributed by atoms with Crippen LogP contribution in [-0.2, 0) is 0 Å². The lowest BCUT2D eigenvalue weighted by atomic mass is 9.72. The van der Waals surface area contributed by atoms with Crippen molar-refractivity contribution in [3.8, 4) is 11.5 Å². The lowest BCUT2D eigenvalue weighted by molar-refractivity contribution is -0.860. The van der Waals surface area contributed by atoms with E-state index >= 15 is 0 Å². The quantitative estimate of drug-likeness (QED) is 0.357. The van der Waals surface area contributed by atoms with Crippen molar-refractivity contribution >= 4 is 12.4 Å². The van der Waals surface area contributed by atoms with Crippen molar-refractivity contribution in [2.75, 3.05) is 55.4 Å². The summed E-state index contributed by atoms with van der Waals surface area (Å²) in [5, 5.41) is 22.3. The summed E-state index contributed by atoms with van der Waals surface area (Å²) in [4.78, 5) is 3.38. The van der Waals surface area contributed by atoms with Crippen LogP contribution >= 0.6 is 12.4 Å². The van der Waals surface area contributed by atoms with E-state index in [1.54, 1.807) is 24.3 Å². The summed E-state index contributed by atoms with van der Waals surface area (Å²) in [5.74, 6) is 0.725. The van der Waals surface area contributed by atoms with E-state index in [9.17, 15) is 10.2 Å². The smallest absolute Gasteiger partial charge is 0.118 e. The third-order valence-electron chi connectivity index (χ3n) is 8.70. The first kappa shape index (κ1) is 26.8. The number of likely N-dealkylation sites (N-methyl/N-ethyl adjacent to an activating group) is 2. The molecule has 0 aliphatic heterocycles. The minimum Gasteiger partial charge on any atom is -0.497 e. The fourth-order valence-corrected chi connectivity index (χ4v) is 6.54. The zero-order valence-corrected chi connectivity index (χ0v) is 26.1. The molecule has 2 aromatic carbocycles. The molecule has 2 atom stereocenters. The number of methoxy groups -OCH3 is 2. The van der Waals surface area contributed by atoms with Crippen LogP contribution in [0.15, 0.2) is 48.5 Å². The van der Waals surface area contributed by atoms with Gasteiger partial charge in [0.15, 0.2) is 0 Å². The van der Waals surface area contributed by atoms with E-state index in [1.807, 2.05) is 38.4 Å². The molecule has 2 aromatic rings. The van der Waals surface area contributed by atoms with E-state index in [0.29, 0.717) is 11.5 Å². The molecule has 0 spiro atoms. The maximum absolute atomic E-state index is 11.2. The van der Waals surface area contributed by atoms with Crippen LogP contribution in [0.25, 0.3) is 0 Å². The number of nitrogens with zero attached hydrogens (tertiary/aromatic N) is 1. The standard InChI is InChI=1S/2C17H27NO2.ClH/c2*1-18(2)13-16(17(19)11-5-4-6-12-17)14-7-9-15(20-3)10-8-14;/h2*7-10,16,19H,4-6,11-13H2,1-3H3;1H/p+1/t16-;;/m0../s1/i2*3D3;. The number of rotatable bonds is 10.